The third kappa shape index (κ3) is 1.92. The van der Waals surface area contributed by atoms with Crippen LogP contribution < -0.4 is 0 Å². The lowest BCUT2D eigenvalue weighted by molar-refractivity contribution is -0.148. The molecule has 1 saturated heterocycles. The molecule has 1 aromatic heterocycles. The molecule has 1 aromatic rings. The van der Waals surface area contributed by atoms with Gasteiger partial charge in [-0.3, -0.25) is 9.69 Å². The van der Waals surface area contributed by atoms with Crippen molar-refractivity contribution in [3.05, 3.63) is 12.2 Å². The lowest BCUT2D eigenvalue weighted by Crippen LogP contribution is -2.34. The minimum atomic E-state index is -0.703. The molecule has 1 aliphatic rings. The van der Waals surface area contributed by atoms with Crippen LogP contribution in [0.2, 0.25) is 0 Å². The summed E-state index contributed by atoms with van der Waals surface area (Å²) >= 11 is 0. The molecule has 2 heterocycles. The van der Waals surface area contributed by atoms with Gasteiger partial charge in [-0.15, -0.1) is 0 Å². The van der Waals surface area contributed by atoms with Crippen LogP contribution in [-0.4, -0.2) is 39.2 Å². The van der Waals surface area contributed by atoms with Gasteiger partial charge in [-0.1, -0.05) is 12.1 Å². The van der Waals surface area contributed by atoms with Gasteiger partial charge in [0.1, 0.15) is 0 Å². The van der Waals surface area contributed by atoms with Gasteiger partial charge in [0.2, 0.25) is 6.39 Å². The van der Waals surface area contributed by atoms with Crippen LogP contribution in [0.4, 0.5) is 0 Å². The molecule has 0 aromatic carbocycles. The number of likely N-dealkylation sites (tertiary alicyclic amines) is 1. The van der Waals surface area contributed by atoms with Crippen LogP contribution in [-0.2, 0) is 11.3 Å². The van der Waals surface area contributed by atoms with E-state index in [1.807, 2.05) is 6.92 Å². The SMILES string of the molecule is CCC1(C(=O)O)CCN(Cc2ncon2)C1. The predicted molar refractivity (Wildman–Crippen MR) is 54.6 cm³/mol. The van der Waals surface area contributed by atoms with E-state index in [-0.39, 0.29) is 0 Å². The lowest BCUT2D eigenvalue weighted by atomic mass is 9.84. The first-order valence-electron chi connectivity index (χ1n) is 5.37. The van der Waals surface area contributed by atoms with E-state index in [0.29, 0.717) is 31.8 Å². The van der Waals surface area contributed by atoms with E-state index < -0.39 is 11.4 Å². The number of carbonyl (C=O) groups is 1. The number of carboxylic acid groups (broad SMARTS) is 1. The molecule has 1 aliphatic heterocycles. The molecule has 2 rings (SSSR count). The van der Waals surface area contributed by atoms with Gasteiger partial charge >= 0.3 is 5.97 Å². The van der Waals surface area contributed by atoms with Crippen molar-refractivity contribution in [3.63, 3.8) is 0 Å². The number of carboxylic acids is 1. The van der Waals surface area contributed by atoms with Crippen LogP contribution in [0.1, 0.15) is 25.6 Å². The Labute approximate surface area is 93.2 Å². The monoisotopic (exact) mass is 225 g/mol. The van der Waals surface area contributed by atoms with Crippen LogP contribution in [0.5, 0.6) is 0 Å². The van der Waals surface area contributed by atoms with Gasteiger partial charge in [-0.2, -0.15) is 4.98 Å². The van der Waals surface area contributed by atoms with Crippen molar-refractivity contribution in [1.82, 2.24) is 15.0 Å². The second kappa shape index (κ2) is 4.21. The Bertz CT molecular complexity index is 365. The summed E-state index contributed by atoms with van der Waals surface area (Å²) in [6.07, 6.45) is 2.64. The summed E-state index contributed by atoms with van der Waals surface area (Å²) in [5.41, 5.74) is -0.594. The van der Waals surface area contributed by atoms with E-state index in [0.717, 1.165) is 6.54 Å². The van der Waals surface area contributed by atoms with E-state index >= 15 is 0 Å². The zero-order valence-corrected chi connectivity index (χ0v) is 9.22. The molecule has 1 fully saturated rings. The molecule has 1 unspecified atom stereocenters. The van der Waals surface area contributed by atoms with E-state index in [9.17, 15) is 9.90 Å². The largest absolute Gasteiger partial charge is 0.481 e. The van der Waals surface area contributed by atoms with Crippen molar-refractivity contribution in [2.75, 3.05) is 13.1 Å². The average Bonchev–Trinajstić information content (AvgIpc) is 2.88. The van der Waals surface area contributed by atoms with Crippen LogP contribution in [0.25, 0.3) is 0 Å². The normalized spacial score (nSPS) is 26.1. The number of aliphatic carboxylic acids is 1. The van der Waals surface area contributed by atoms with Gasteiger partial charge in [0.15, 0.2) is 5.82 Å². The third-order valence-corrected chi connectivity index (χ3v) is 3.34. The molecule has 88 valence electrons. The smallest absolute Gasteiger partial charge is 0.310 e. The van der Waals surface area contributed by atoms with E-state index in [1.165, 1.54) is 6.39 Å². The van der Waals surface area contributed by atoms with Crippen molar-refractivity contribution < 1.29 is 14.4 Å². The van der Waals surface area contributed by atoms with Crippen LogP contribution in [0.3, 0.4) is 0 Å². The van der Waals surface area contributed by atoms with Gasteiger partial charge in [0, 0.05) is 6.54 Å². The fourth-order valence-electron chi connectivity index (χ4n) is 2.17. The zero-order chi connectivity index (χ0) is 11.6. The minimum absolute atomic E-state index is 0.561. The van der Waals surface area contributed by atoms with E-state index in [4.69, 9.17) is 0 Å². The van der Waals surface area contributed by atoms with Crippen molar-refractivity contribution in [2.24, 2.45) is 5.41 Å². The summed E-state index contributed by atoms with van der Waals surface area (Å²) in [5, 5.41) is 13.0. The van der Waals surface area contributed by atoms with Crippen molar-refractivity contribution in [1.29, 1.82) is 0 Å². The molecule has 0 radical (unpaired) electrons. The third-order valence-electron chi connectivity index (χ3n) is 3.34. The van der Waals surface area contributed by atoms with Gasteiger partial charge < -0.3 is 9.63 Å². The second-order valence-corrected chi connectivity index (χ2v) is 4.25. The highest BCUT2D eigenvalue weighted by Crippen LogP contribution is 2.34. The van der Waals surface area contributed by atoms with E-state index in [1.54, 1.807) is 0 Å². The highest BCUT2D eigenvalue weighted by atomic mass is 16.5. The Balaban J connectivity index is 1.99. The van der Waals surface area contributed by atoms with Gasteiger partial charge in [0.05, 0.1) is 12.0 Å². The molecule has 0 spiro atoms. The molecule has 1 N–H and O–H groups in total. The van der Waals surface area contributed by atoms with Crippen molar-refractivity contribution in [2.45, 2.75) is 26.3 Å². The molecule has 0 aliphatic carbocycles. The van der Waals surface area contributed by atoms with Gasteiger partial charge in [-0.25, -0.2) is 0 Å². The standard InChI is InChI=1S/C10H15N3O3/c1-2-10(9(14)15)3-4-13(6-10)5-8-11-7-16-12-8/h7H,2-6H2,1H3,(H,14,15). The minimum Gasteiger partial charge on any atom is -0.481 e. The molecule has 0 amide bonds. The summed E-state index contributed by atoms with van der Waals surface area (Å²) in [7, 11) is 0. The summed E-state index contributed by atoms with van der Waals surface area (Å²) in [4.78, 5) is 17.2. The Morgan fingerprint density at radius 2 is 2.56 bits per heavy atom. The number of hydrogen-bond acceptors (Lipinski definition) is 5. The molecule has 0 saturated carbocycles. The van der Waals surface area contributed by atoms with Crippen LogP contribution >= 0.6 is 0 Å². The van der Waals surface area contributed by atoms with Gasteiger partial charge in [-0.05, 0) is 19.4 Å². The topological polar surface area (TPSA) is 79.5 Å². The number of rotatable bonds is 4. The van der Waals surface area contributed by atoms with Gasteiger partial charge in [0.25, 0.3) is 0 Å². The molecule has 0 bridgehead atoms. The molecule has 6 heteroatoms. The Morgan fingerprint density at radius 3 is 3.06 bits per heavy atom. The summed E-state index contributed by atoms with van der Waals surface area (Å²) in [5.74, 6) is -0.0945. The highest BCUT2D eigenvalue weighted by molar-refractivity contribution is 5.75. The average molecular weight is 225 g/mol. The number of hydrogen-bond donors (Lipinski definition) is 1. The Kier molecular flexibility index (Phi) is 2.91. The first-order chi connectivity index (χ1) is 7.66. The molecule has 1 atom stereocenters. The first kappa shape index (κ1) is 11.1. The van der Waals surface area contributed by atoms with Crippen LogP contribution in [0, 0.1) is 5.41 Å². The number of nitrogens with zero attached hydrogens (tertiary/aromatic N) is 3. The highest BCUT2D eigenvalue weighted by Gasteiger charge is 2.43. The Hall–Kier alpha value is -1.43. The zero-order valence-electron chi connectivity index (χ0n) is 9.22. The molecule has 16 heavy (non-hydrogen) atoms. The Morgan fingerprint density at radius 1 is 1.75 bits per heavy atom. The van der Waals surface area contributed by atoms with Crippen LogP contribution in [0.15, 0.2) is 10.9 Å². The quantitative estimate of drug-likeness (QED) is 0.814. The first-order valence-corrected chi connectivity index (χ1v) is 5.37. The molecular weight excluding hydrogens is 210 g/mol. The fraction of sp³-hybridized carbons (Fsp3) is 0.700. The lowest BCUT2D eigenvalue weighted by Gasteiger charge is -2.22. The summed E-state index contributed by atoms with van der Waals surface area (Å²) < 4.78 is 4.65. The van der Waals surface area contributed by atoms with E-state index in [2.05, 4.69) is 19.6 Å². The maximum atomic E-state index is 11.2. The number of aromatic nitrogens is 2. The second-order valence-electron chi connectivity index (χ2n) is 4.25. The molecular formula is C10H15N3O3. The van der Waals surface area contributed by atoms with Crippen molar-refractivity contribution in [3.8, 4) is 0 Å². The summed E-state index contributed by atoms with van der Waals surface area (Å²) in [6, 6.07) is 0. The maximum absolute atomic E-state index is 11.2. The molecule has 6 nitrogen and oxygen atoms in total. The predicted octanol–water partition coefficient (Wildman–Crippen LogP) is 0.756. The maximum Gasteiger partial charge on any atom is 0.310 e. The van der Waals surface area contributed by atoms with Crippen molar-refractivity contribution >= 4 is 5.97 Å². The fourth-order valence-corrected chi connectivity index (χ4v) is 2.17. The summed E-state index contributed by atoms with van der Waals surface area (Å²) in [6.45, 7) is 3.82.